The Balaban J connectivity index is 1.35. The van der Waals surface area contributed by atoms with Crippen molar-refractivity contribution in [3.05, 3.63) is 0 Å². The fourth-order valence-electron chi connectivity index (χ4n) is 12.9. The molecule has 3 unspecified atom stereocenters. The van der Waals surface area contributed by atoms with Crippen LogP contribution in [0.25, 0.3) is 0 Å². The Hall–Kier alpha value is -2.92. The lowest BCUT2D eigenvalue weighted by atomic mass is 9.95. The molecule has 0 aromatic heterocycles. The molecule has 0 amide bonds. The molecule has 6 saturated heterocycles. The molecule has 0 radical (unpaired) electrons. The molecule has 0 aromatic rings. The third-order valence-corrected chi connectivity index (χ3v) is 19.0. The van der Waals surface area contributed by atoms with E-state index in [1.54, 1.807) is 6.92 Å². The van der Waals surface area contributed by atoms with Crippen LogP contribution in [0.3, 0.4) is 0 Å². The average molecular weight is 1370 g/mol. The van der Waals surface area contributed by atoms with Crippen LogP contribution in [0, 0.1) is 5.92 Å². The molecule has 28 atom stereocenters. The quantitative estimate of drug-likeness (QED) is 0.0290. The van der Waals surface area contributed by atoms with Gasteiger partial charge in [0.15, 0.2) is 62.0 Å². The lowest BCUT2D eigenvalue weighted by Crippen LogP contribution is -2.68. The number of fused-ring (bicyclic) bond motifs is 2. The van der Waals surface area contributed by atoms with Gasteiger partial charge in [0.25, 0.3) is 0 Å². The van der Waals surface area contributed by atoms with Crippen LogP contribution in [0.5, 0.6) is 0 Å². The summed E-state index contributed by atoms with van der Waals surface area (Å²) in [6, 6.07) is 0. The SMILES string of the molecule is CCCCCCCCCCCC(=O)O[C@H]1[C@H](O[C@@H]2[C@@H](O)[C@H]3OC(=O)CCCCCCCCCC(CCCCC)O[C@@H]4O[C@H](CO)[C@@H](O)[C@H](O)[C@H]4O[C@H]3O[C@H]2C)O[C@@H](C)[C@H](O[C@@H]2O[C@@H](C)[C@H](OC(=O)CCC)[C@@H](OC(=O)C(C)C(C)O)[C@H]2O[C@@H]2O[C@H](CO)[C@@H](O)[C@H](O)[C@H]2O)[C@H]1O. The lowest BCUT2D eigenvalue weighted by Gasteiger charge is -2.50. The minimum absolute atomic E-state index is 0.0607. The van der Waals surface area contributed by atoms with Crippen LogP contribution in [0.2, 0.25) is 0 Å². The van der Waals surface area contributed by atoms with Crippen molar-refractivity contribution >= 4 is 23.9 Å². The van der Waals surface area contributed by atoms with E-state index in [2.05, 4.69) is 13.8 Å². The number of hydrogen-bond acceptors (Lipinski definition) is 28. The van der Waals surface area contributed by atoms with E-state index in [1.807, 2.05) is 0 Å². The Kier molecular flexibility index (Phi) is 35.1. The molecular formula is C67H116O28. The van der Waals surface area contributed by atoms with Crippen molar-refractivity contribution in [2.75, 3.05) is 13.2 Å². The molecule has 6 rings (SSSR count). The van der Waals surface area contributed by atoms with Gasteiger partial charge in [0.2, 0.25) is 0 Å². The smallest absolute Gasteiger partial charge is 0.311 e. The average Bonchev–Trinajstić information content (AvgIpc) is 0.785. The van der Waals surface area contributed by atoms with E-state index >= 15 is 0 Å². The second-order valence-electron chi connectivity index (χ2n) is 26.8. The Labute approximate surface area is 559 Å². The highest BCUT2D eigenvalue weighted by molar-refractivity contribution is 5.73. The first-order chi connectivity index (χ1) is 45.5. The monoisotopic (exact) mass is 1370 g/mol. The van der Waals surface area contributed by atoms with Crippen LogP contribution in [-0.4, -0.2) is 254 Å². The molecule has 6 aliphatic heterocycles. The molecule has 28 heteroatoms. The number of ether oxygens (including phenoxy) is 14. The largest absolute Gasteiger partial charge is 0.455 e. The Morgan fingerprint density at radius 2 is 0.979 bits per heavy atom. The van der Waals surface area contributed by atoms with Gasteiger partial charge in [0.05, 0.1) is 49.7 Å². The number of hydrogen-bond donors (Lipinski definition) is 10. The van der Waals surface area contributed by atoms with Crippen molar-refractivity contribution in [2.45, 2.75) is 382 Å². The predicted molar refractivity (Wildman–Crippen MR) is 334 cm³/mol. The van der Waals surface area contributed by atoms with Crippen LogP contribution in [0.1, 0.15) is 216 Å². The van der Waals surface area contributed by atoms with Crippen LogP contribution in [-0.2, 0) is 85.5 Å². The molecule has 0 spiro atoms. The first kappa shape index (κ1) is 81.0. The second-order valence-corrected chi connectivity index (χ2v) is 26.8. The van der Waals surface area contributed by atoms with Gasteiger partial charge in [0.1, 0.15) is 73.2 Å². The summed E-state index contributed by atoms with van der Waals surface area (Å²) in [6.45, 7) is 11.5. The maximum atomic E-state index is 14.1. The van der Waals surface area contributed by atoms with Gasteiger partial charge in [-0.25, -0.2) is 0 Å². The molecule has 6 fully saturated rings. The first-order valence-electron chi connectivity index (χ1n) is 35.5. The zero-order valence-electron chi connectivity index (χ0n) is 57.1. The molecular weight excluding hydrogens is 1250 g/mol. The molecule has 0 aliphatic carbocycles. The predicted octanol–water partition coefficient (Wildman–Crippen LogP) is 3.60. The lowest BCUT2D eigenvalue weighted by molar-refractivity contribution is -0.396. The van der Waals surface area contributed by atoms with Crippen molar-refractivity contribution in [1.82, 2.24) is 0 Å². The third kappa shape index (κ3) is 23.3. The van der Waals surface area contributed by atoms with Gasteiger partial charge >= 0.3 is 23.9 Å². The van der Waals surface area contributed by atoms with E-state index in [0.29, 0.717) is 38.5 Å². The normalized spacial score (nSPS) is 39.4. The van der Waals surface area contributed by atoms with E-state index < -0.39 is 203 Å². The van der Waals surface area contributed by atoms with Gasteiger partial charge in [-0.15, -0.1) is 0 Å². The third-order valence-electron chi connectivity index (χ3n) is 19.0. The highest BCUT2D eigenvalue weighted by Crippen LogP contribution is 2.40. The van der Waals surface area contributed by atoms with Crippen LogP contribution in [0.4, 0.5) is 0 Å². The van der Waals surface area contributed by atoms with Crippen LogP contribution >= 0.6 is 0 Å². The molecule has 6 heterocycles. The number of aliphatic hydroxyl groups excluding tert-OH is 10. The Morgan fingerprint density at radius 3 is 1.61 bits per heavy atom. The summed E-state index contributed by atoms with van der Waals surface area (Å²) in [4.78, 5) is 55.3. The molecule has 95 heavy (non-hydrogen) atoms. The van der Waals surface area contributed by atoms with Crippen molar-refractivity contribution < 1.29 is 137 Å². The van der Waals surface area contributed by atoms with Gasteiger partial charge in [-0.1, -0.05) is 130 Å². The van der Waals surface area contributed by atoms with Crippen molar-refractivity contribution in [3.8, 4) is 0 Å². The summed E-state index contributed by atoms with van der Waals surface area (Å²) in [5.74, 6) is -4.47. The first-order valence-corrected chi connectivity index (χ1v) is 35.5. The number of carbonyl (C=O) groups excluding carboxylic acids is 4. The molecule has 0 bridgehead atoms. The number of rotatable bonds is 29. The van der Waals surface area contributed by atoms with Gasteiger partial charge in [-0.3, -0.25) is 19.2 Å². The summed E-state index contributed by atoms with van der Waals surface area (Å²) >= 11 is 0. The molecule has 28 nitrogen and oxygen atoms in total. The maximum absolute atomic E-state index is 14.1. The van der Waals surface area contributed by atoms with Gasteiger partial charge in [0, 0.05) is 19.3 Å². The van der Waals surface area contributed by atoms with E-state index in [0.717, 1.165) is 103 Å². The summed E-state index contributed by atoms with van der Waals surface area (Å²) in [5, 5.41) is 112. The summed E-state index contributed by atoms with van der Waals surface area (Å²) in [5.41, 5.74) is 0. The summed E-state index contributed by atoms with van der Waals surface area (Å²) < 4.78 is 87.9. The number of unbranched alkanes of at least 4 members (excludes halogenated alkanes) is 10. The molecule has 552 valence electrons. The molecule has 6 aliphatic rings. The second kappa shape index (κ2) is 41.1. The Bertz CT molecular complexity index is 2210. The highest BCUT2D eigenvalue weighted by Gasteiger charge is 2.59. The Morgan fingerprint density at radius 1 is 0.463 bits per heavy atom. The highest BCUT2D eigenvalue weighted by atomic mass is 16.8. The topological polar surface area (TPSA) is 400 Å². The minimum atomic E-state index is -2.05. The van der Waals surface area contributed by atoms with E-state index in [4.69, 9.17) is 66.3 Å². The zero-order valence-corrected chi connectivity index (χ0v) is 57.1. The zero-order chi connectivity index (χ0) is 69.5. The summed E-state index contributed by atoms with van der Waals surface area (Å²) in [6.07, 6.45) is -25.2. The standard InChI is InChI=1S/C67H116O28/c1-9-12-14-15-16-17-20-23-27-32-45(72)89-58-53(80)55(93-67-61(95-63-51(78)49(76)47(74)42(34-68)86-63)60(91-62(81)36(4)37(5)70)56(40(8)84-67)88-44(71)29-11-3)39(7)82-64(58)92-54-38(6)83-65-59(52(54)79)90-46(73)33-28-24-21-18-19-22-26-31-41(30-25-13-10-2)85-66-57(94-65)50(77)48(75)43(35-69)87-66/h36-43,47-61,63-70,74-80H,9-35H2,1-8H3/t36?,37?,38-,39-,40-,41?,42+,43+,47+,48+,49-,50-,51+,52+,53+,54-,55-,56-,57+,58+,59+,60+,61+,63-,64-,65+,66+,67-/m0/s1. The van der Waals surface area contributed by atoms with Crippen molar-refractivity contribution in [3.63, 3.8) is 0 Å². The van der Waals surface area contributed by atoms with E-state index in [-0.39, 0.29) is 25.4 Å². The molecule has 0 aromatic carbocycles. The number of esters is 4. The van der Waals surface area contributed by atoms with Crippen molar-refractivity contribution in [2.24, 2.45) is 5.92 Å². The van der Waals surface area contributed by atoms with Gasteiger partial charge in [-0.2, -0.15) is 0 Å². The van der Waals surface area contributed by atoms with E-state index in [1.165, 1.54) is 34.6 Å². The van der Waals surface area contributed by atoms with Crippen LogP contribution in [0.15, 0.2) is 0 Å². The van der Waals surface area contributed by atoms with Crippen molar-refractivity contribution in [1.29, 1.82) is 0 Å². The number of carbonyl (C=O) groups is 4. The van der Waals surface area contributed by atoms with E-state index in [9.17, 15) is 70.2 Å². The van der Waals surface area contributed by atoms with Crippen LogP contribution < -0.4 is 0 Å². The minimum Gasteiger partial charge on any atom is -0.455 e. The maximum Gasteiger partial charge on any atom is 0.311 e. The fourth-order valence-corrected chi connectivity index (χ4v) is 12.9. The number of aliphatic hydroxyl groups is 10. The molecule has 10 N–H and O–H groups in total. The van der Waals surface area contributed by atoms with Gasteiger partial charge < -0.3 is 117 Å². The fraction of sp³-hybridized carbons (Fsp3) is 0.940. The summed E-state index contributed by atoms with van der Waals surface area (Å²) in [7, 11) is 0. The molecule has 0 saturated carbocycles. The van der Waals surface area contributed by atoms with Gasteiger partial charge in [-0.05, 0) is 66.7 Å².